The molecule has 122 valence electrons. The number of hydrogen-bond acceptors (Lipinski definition) is 4. The van der Waals surface area contributed by atoms with Gasteiger partial charge in [0.25, 0.3) is 11.5 Å². The molecular formula is C18H17N3O3. The van der Waals surface area contributed by atoms with Gasteiger partial charge in [0.1, 0.15) is 5.82 Å². The molecule has 0 aliphatic rings. The molecule has 1 amide bonds. The molecule has 0 unspecified atom stereocenters. The minimum atomic E-state index is -0.572. The van der Waals surface area contributed by atoms with Gasteiger partial charge in [-0.3, -0.25) is 19.4 Å². The SMILES string of the molecule is Cc1ccc2c(=O)n(Cc3ccc(C(=O)NO)cc3)c(C)nc2c1. The van der Waals surface area contributed by atoms with Crippen LogP contribution in [0.15, 0.2) is 47.3 Å². The number of rotatable bonds is 3. The van der Waals surface area contributed by atoms with Crippen molar-refractivity contribution in [3.8, 4) is 0 Å². The predicted octanol–water partition coefficient (Wildman–Crippen LogP) is 2.18. The van der Waals surface area contributed by atoms with Gasteiger partial charge in [-0.2, -0.15) is 0 Å². The largest absolute Gasteiger partial charge is 0.292 e. The Morgan fingerprint density at radius 3 is 2.54 bits per heavy atom. The molecule has 0 saturated carbocycles. The highest BCUT2D eigenvalue weighted by atomic mass is 16.5. The minimum absolute atomic E-state index is 0.0883. The number of nitrogens with one attached hydrogen (secondary N) is 1. The monoisotopic (exact) mass is 323 g/mol. The number of aromatic nitrogens is 2. The molecule has 1 heterocycles. The van der Waals surface area contributed by atoms with Gasteiger partial charge >= 0.3 is 0 Å². The number of aryl methyl sites for hydroxylation is 2. The molecule has 0 radical (unpaired) electrons. The lowest BCUT2D eigenvalue weighted by Gasteiger charge is -2.11. The van der Waals surface area contributed by atoms with Gasteiger partial charge in [0.05, 0.1) is 17.4 Å². The van der Waals surface area contributed by atoms with Gasteiger partial charge in [-0.25, -0.2) is 10.5 Å². The first-order chi connectivity index (χ1) is 11.5. The summed E-state index contributed by atoms with van der Waals surface area (Å²) in [4.78, 5) is 28.6. The van der Waals surface area contributed by atoms with Gasteiger partial charge in [0.2, 0.25) is 0 Å². The van der Waals surface area contributed by atoms with E-state index in [1.54, 1.807) is 47.3 Å². The molecule has 6 heteroatoms. The number of fused-ring (bicyclic) bond motifs is 1. The normalized spacial score (nSPS) is 10.8. The van der Waals surface area contributed by atoms with Crippen molar-refractivity contribution < 1.29 is 10.0 Å². The van der Waals surface area contributed by atoms with E-state index < -0.39 is 5.91 Å². The number of nitrogens with zero attached hydrogens (tertiary/aromatic N) is 2. The zero-order valence-corrected chi connectivity index (χ0v) is 13.4. The third kappa shape index (κ3) is 2.91. The van der Waals surface area contributed by atoms with Gasteiger partial charge in [0, 0.05) is 5.56 Å². The Labute approximate surface area is 138 Å². The average molecular weight is 323 g/mol. The van der Waals surface area contributed by atoms with Crippen molar-refractivity contribution in [1.29, 1.82) is 0 Å². The fourth-order valence-electron chi connectivity index (χ4n) is 2.64. The maximum absolute atomic E-state index is 12.7. The van der Waals surface area contributed by atoms with E-state index in [2.05, 4.69) is 4.98 Å². The first-order valence-electron chi connectivity index (χ1n) is 7.51. The third-order valence-electron chi connectivity index (χ3n) is 3.96. The smallest absolute Gasteiger partial charge is 0.274 e. The fourth-order valence-corrected chi connectivity index (χ4v) is 2.64. The zero-order chi connectivity index (χ0) is 17.3. The lowest BCUT2D eigenvalue weighted by molar-refractivity contribution is 0.0706. The molecule has 2 N–H and O–H groups in total. The third-order valence-corrected chi connectivity index (χ3v) is 3.96. The van der Waals surface area contributed by atoms with E-state index >= 15 is 0 Å². The summed E-state index contributed by atoms with van der Waals surface area (Å²) >= 11 is 0. The second kappa shape index (κ2) is 6.25. The van der Waals surface area contributed by atoms with E-state index in [0.29, 0.717) is 28.8 Å². The van der Waals surface area contributed by atoms with Crippen molar-refractivity contribution in [1.82, 2.24) is 15.0 Å². The molecular weight excluding hydrogens is 306 g/mol. The van der Waals surface area contributed by atoms with E-state index in [1.165, 1.54) is 0 Å². The van der Waals surface area contributed by atoms with Crippen molar-refractivity contribution in [2.24, 2.45) is 0 Å². The first-order valence-corrected chi connectivity index (χ1v) is 7.51. The van der Waals surface area contributed by atoms with Gasteiger partial charge in [-0.05, 0) is 49.2 Å². The molecule has 0 fully saturated rings. The summed E-state index contributed by atoms with van der Waals surface area (Å²) in [6.45, 7) is 4.13. The van der Waals surface area contributed by atoms with Crippen LogP contribution in [0.25, 0.3) is 10.9 Å². The van der Waals surface area contributed by atoms with Crippen molar-refractivity contribution >= 4 is 16.8 Å². The van der Waals surface area contributed by atoms with E-state index in [4.69, 9.17) is 5.21 Å². The van der Waals surface area contributed by atoms with Gasteiger partial charge in [-0.15, -0.1) is 0 Å². The second-order valence-corrected chi connectivity index (χ2v) is 5.71. The van der Waals surface area contributed by atoms with Crippen molar-refractivity contribution in [3.05, 3.63) is 75.3 Å². The Bertz CT molecular complexity index is 975. The molecule has 1 aromatic heterocycles. The fraction of sp³-hybridized carbons (Fsp3) is 0.167. The van der Waals surface area contributed by atoms with Crippen LogP contribution in [0.3, 0.4) is 0 Å². The zero-order valence-electron chi connectivity index (χ0n) is 13.4. The lowest BCUT2D eigenvalue weighted by atomic mass is 10.1. The molecule has 6 nitrogen and oxygen atoms in total. The highest BCUT2D eigenvalue weighted by Crippen LogP contribution is 2.12. The van der Waals surface area contributed by atoms with Crippen LogP contribution in [0.2, 0.25) is 0 Å². The van der Waals surface area contributed by atoms with Crippen LogP contribution in [0.4, 0.5) is 0 Å². The number of hydrogen-bond donors (Lipinski definition) is 2. The second-order valence-electron chi connectivity index (χ2n) is 5.71. The van der Waals surface area contributed by atoms with Gasteiger partial charge in [0.15, 0.2) is 0 Å². The molecule has 0 aliphatic carbocycles. The minimum Gasteiger partial charge on any atom is -0.292 e. The van der Waals surface area contributed by atoms with Crippen LogP contribution in [0.5, 0.6) is 0 Å². The van der Waals surface area contributed by atoms with E-state index in [9.17, 15) is 9.59 Å². The molecule has 3 aromatic rings. The summed E-state index contributed by atoms with van der Waals surface area (Å²) in [5.74, 6) is 0.0629. The van der Waals surface area contributed by atoms with Crippen molar-refractivity contribution in [2.75, 3.05) is 0 Å². The summed E-state index contributed by atoms with van der Waals surface area (Å²) < 4.78 is 1.61. The van der Waals surface area contributed by atoms with Crippen molar-refractivity contribution in [2.45, 2.75) is 20.4 Å². The van der Waals surface area contributed by atoms with Crippen molar-refractivity contribution in [3.63, 3.8) is 0 Å². The van der Waals surface area contributed by atoms with Crippen LogP contribution in [0.1, 0.15) is 27.3 Å². The Kier molecular flexibility index (Phi) is 4.14. The molecule has 2 aromatic carbocycles. The predicted molar refractivity (Wildman–Crippen MR) is 90.3 cm³/mol. The molecule has 0 spiro atoms. The van der Waals surface area contributed by atoms with Gasteiger partial charge < -0.3 is 0 Å². The molecule has 0 aliphatic heterocycles. The summed E-state index contributed by atoms with van der Waals surface area (Å²) in [6.07, 6.45) is 0. The van der Waals surface area contributed by atoms with Crippen LogP contribution < -0.4 is 11.0 Å². The van der Waals surface area contributed by atoms with Crippen LogP contribution in [-0.2, 0) is 6.54 Å². The quantitative estimate of drug-likeness (QED) is 0.571. The number of benzene rings is 2. The summed E-state index contributed by atoms with van der Waals surface area (Å²) in [5.41, 5.74) is 4.47. The maximum Gasteiger partial charge on any atom is 0.274 e. The summed E-state index contributed by atoms with van der Waals surface area (Å²) in [6, 6.07) is 12.3. The van der Waals surface area contributed by atoms with Crippen LogP contribution in [-0.4, -0.2) is 20.7 Å². The standard InChI is InChI=1S/C18H17N3O3/c1-11-3-8-15-16(9-11)19-12(2)21(18(15)23)10-13-4-6-14(7-5-13)17(22)20-24/h3-9,24H,10H2,1-2H3,(H,20,22). The van der Waals surface area contributed by atoms with Gasteiger partial charge in [-0.1, -0.05) is 18.2 Å². The lowest BCUT2D eigenvalue weighted by Crippen LogP contribution is -2.24. The highest BCUT2D eigenvalue weighted by Gasteiger charge is 2.09. The number of amides is 1. The molecule has 0 bridgehead atoms. The summed E-state index contributed by atoms with van der Waals surface area (Å²) in [7, 11) is 0. The average Bonchev–Trinajstić information content (AvgIpc) is 2.58. The topological polar surface area (TPSA) is 84.2 Å². The number of hydroxylamine groups is 1. The van der Waals surface area contributed by atoms with Crippen LogP contribution >= 0.6 is 0 Å². The van der Waals surface area contributed by atoms with E-state index in [1.807, 2.05) is 19.1 Å². The molecule has 3 rings (SSSR count). The molecule has 0 atom stereocenters. The Hall–Kier alpha value is -2.99. The maximum atomic E-state index is 12.7. The molecule has 0 saturated heterocycles. The first kappa shape index (κ1) is 15.9. The Morgan fingerprint density at radius 2 is 1.88 bits per heavy atom. The highest BCUT2D eigenvalue weighted by molar-refractivity contribution is 5.93. The van der Waals surface area contributed by atoms with Crippen LogP contribution in [0, 0.1) is 13.8 Å². The Morgan fingerprint density at radius 1 is 1.17 bits per heavy atom. The van der Waals surface area contributed by atoms with E-state index in [-0.39, 0.29) is 5.56 Å². The number of carbonyl (C=O) groups excluding carboxylic acids is 1. The van der Waals surface area contributed by atoms with E-state index in [0.717, 1.165) is 11.1 Å². The molecule has 24 heavy (non-hydrogen) atoms. The summed E-state index contributed by atoms with van der Waals surface area (Å²) in [5, 5.41) is 9.22. The number of carbonyl (C=O) groups is 1. The Balaban J connectivity index is 1.99.